The zero-order chi connectivity index (χ0) is 19.0. The molecule has 1 aliphatic heterocycles. The highest BCUT2D eigenvalue weighted by Crippen LogP contribution is 2.42. The van der Waals surface area contributed by atoms with Gasteiger partial charge in [0.25, 0.3) is 0 Å². The van der Waals surface area contributed by atoms with Crippen LogP contribution in [-0.2, 0) is 6.18 Å². The van der Waals surface area contributed by atoms with E-state index in [0.717, 1.165) is 19.3 Å². The first kappa shape index (κ1) is 18.4. The van der Waals surface area contributed by atoms with Gasteiger partial charge < -0.3 is 15.0 Å². The van der Waals surface area contributed by atoms with Crippen LogP contribution in [0.2, 0.25) is 0 Å². The van der Waals surface area contributed by atoms with Crippen molar-refractivity contribution in [2.45, 2.75) is 44.5 Å². The first-order chi connectivity index (χ1) is 12.9. The molecule has 1 saturated carbocycles. The summed E-state index contributed by atoms with van der Waals surface area (Å²) >= 11 is 0.673. The Morgan fingerprint density at radius 3 is 2.59 bits per heavy atom. The van der Waals surface area contributed by atoms with Crippen LogP contribution in [0.15, 0.2) is 12.4 Å². The maximum absolute atomic E-state index is 13.3. The average Bonchev–Trinajstić information content (AvgIpc) is 3.04. The summed E-state index contributed by atoms with van der Waals surface area (Å²) in [5.74, 6) is 0. The van der Waals surface area contributed by atoms with Crippen molar-refractivity contribution in [1.29, 1.82) is 0 Å². The van der Waals surface area contributed by atoms with E-state index in [2.05, 4.69) is 20.3 Å². The molecule has 2 fully saturated rings. The Hall–Kier alpha value is -1.94. The standard InChI is InChI=1S/C17H20F3N5OS/c1-10-9-25(6-5-21-10)14-13(24-15(27-14)17(18,19)20)11-7-22-16(23-8-11)26-12-3-2-4-12/h7-8,10,12,21H,2-6,9H2,1H3. The molecule has 10 heteroatoms. The highest BCUT2D eigenvalue weighted by molar-refractivity contribution is 7.16. The maximum atomic E-state index is 13.3. The summed E-state index contributed by atoms with van der Waals surface area (Å²) in [7, 11) is 0. The predicted octanol–water partition coefficient (Wildman–Crippen LogP) is 3.35. The molecule has 0 aromatic carbocycles. The third-order valence-corrected chi connectivity index (χ3v) is 5.89. The van der Waals surface area contributed by atoms with Crippen LogP contribution in [0, 0.1) is 0 Å². The van der Waals surface area contributed by atoms with Crippen LogP contribution < -0.4 is 15.0 Å². The van der Waals surface area contributed by atoms with Crippen molar-refractivity contribution in [1.82, 2.24) is 20.3 Å². The Balaban J connectivity index is 1.64. The van der Waals surface area contributed by atoms with Crippen molar-refractivity contribution in [3.63, 3.8) is 0 Å². The fraction of sp³-hybridized carbons (Fsp3) is 0.588. The van der Waals surface area contributed by atoms with Gasteiger partial charge in [-0.3, -0.25) is 0 Å². The third kappa shape index (κ3) is 4.01. The first-order valence-electron chi connectivity index (χ1n) is 8.95. The SMILES string of the molecule is CC1CN(c2sc(C(F)(F)F)nc2-c2cnc(OC3CCC3)nc2)CCN1. The van der Waals surface area contributed by atoms with E-state index < -0.39 is 11.2 Å². The molecule has 1 atom stereocenters. The molecule has 1 aliphatic carbocycles. The molecule has 2 aromatic heterocycles. The van der Waals surface area contributed by atoms with Crippen LogP contribution in [0.25, 0.3) is 11.3 Å². The normalized spacial score (nSPS) is 21.2. The molecule has 0 radical (unpaired) electrons. The van der Waals surface area contributed by atoms with Crippen LogP contribution in [-0.4, -0.2) is 46.7 Å². The number of nitrogens with zero attached hydrogens (tertiary/aromatic N) is 4. The number of piperazine rings is 1. The predicted molar refractivity (Wildman–Crippen MR) is 96.1 cm³/mol. The van der Waals surface area contributed by atoms with Crippen molar-refractivity contribution in [3.8, 4) is 17.3 Å². The number of hydrogen-bond donors (Lipinski definition) is 1. The Morgan fingerprint density at radius 2 is 2.00 bits per heavy atom. The zero-order valence-electron chi connectivity index (χ0n) is 14.8. The van der Waals surface area contributed by atoms with Crippen molar-refractivity contribution >= 4 is 16.3 Å². The Kier molecular flexibility index (Phi) is 4.94. The number of rotatable bonds is 4. The monoisotopic (exact) mass is 399 g/mol. The summed E-state index contributed by atoms with van der Waals surface area (Å²) in [6, 6.07) is 0.449. The molecule has 2 aliphatic rings. The molecule has 1 N–H and O–H groups in total. The van der Waals surface area contributed by atoms with Crippen LogP contribution in [0.1, 0.15) is 31.2 Å². The van der Waals surface area contributed by atoms with E-state index in [1.165, 1.54) is 12.4 Å². The molecule has 1 unspecified atom stereocenters. The van der Waals surface area contributed by atoms with E-state index in [9.17, 15) is 13.2 Å². The van der Waals surface area contributed by atoms with Crippen molar-refractivity contribution in [3.05, 3.63) is 17.4 Å². The summed E-state index contributed by atoms with van der Waals surface area (Å²) in [6.45, 7) is 3.97. The van der Waals surface area contributed by atoms with E-state index in [0.29, 0.717) is 41.5 Å². The summed E-state index contributed by atoms with van der Waals surface area (Å²) in [5, 5.41) is 2.95. The van der Waals surface area contributed by atoms with Gasteiger partial charge in [-0.2, -0.15) is 13.2 Å². The number of hydrogen-bond acceptors (Lipinski definition) is 7. The van der Waals surface area contributed by atoms with Crippen molar-refractivity contribution < 1.29 is 17.9 Å². The minimum atomic E-state index is -4.48. The van der Waals surface area contributed by atoms with Gasteiger partial charge in [0.15, 0.2) is 0 Å². The lowest BCUT2D eigenvalue weighted by Crippen LogP contribution is -2.49. The van der Waals surface area contributed by atoms with Crippen LogP contribution in [0.3, 0.4) is 0 Å². The number of thiazole rings is 1. The number of halogens is 3. The van der Waals surface area contributed by atoms with Gasteiger partial charge in [-0.25, -0.2) is 15.0 Å². The smallest absolute Gasteiger partial charge is 0.443 e. The fourth-order valence-electron chi connectivity index (χ4n) is 3.09. The molecule has 3 heterocycles. The Morgan fingerprint density at radius 1 is 1.26 bits per heavy atom. The van der Waals surface area contributed by atoms with Crippen LogP contribution >= 0.6 is 11.3 Å². The van der Waals surface area contributed by atoms with Crippen LogP contribution in [0.5, 0.6) is 6.01 Å². The molecule has 2 aromatic rings. The molecule has 1 saturated heterocycles. The molecule has 0 spiro atoms. The lowest BCUT2D eigenvalue weighted by molar-refractivity contribution is -0.137. The highest BCUT2D eigenvalue weighted by atomic mass is 32.1. The van der Waals surface area contributed by atoms with E-state index >= 15 is 0 Å². The summed E-state index contributed by atoms with van der Waals surface area (Å²) in [4.78, 5) is 14.2. The zero-order valence-corrected chi connectivity index (χ0v) is 15.6. The van der Waals surface area contributed by atoms with Gasteiger partial charge in [-0.1, -0.05) is 11.3 Å². The van der Waals surface area contributed by atoms with Crippen molar-refractivity contribution in [2.75, 3.05) is 24.5 Å². The molecule has 4 rings (SSSR count). The van der Waals surface area contributed by atoms with Gasteiger partial charge in [0.1, 0.15) is 16.8 Å². The quantitative estimate of drug-likeness (QED) is 0.851. The average molecular weight is 399 g/mol. The fourth-order valence-corrected chi connectivity index (χ4v) is 4.08. The minimum Gasteiger partial charge on any atom is -0.460 e. The summed E-state index contributed by atoms with van der Waals surface area (Å²) in [6.07, 6.45) is 1.75. The van der Waals surface area contributed by atoms with Gasteiger partial charge in [-0.05, 0) is 26.2 Å². The molecule has 6 nitrogen and oxygen atoms in total. The summed E-state index contributed by atoms with van der Waals surface area (Å²) in [5.41, 5.74) is 0.737. The number of ether oxygens (including phenoxy) is 1. The first-order valence-corrected chi connectivity index (χ1v) is 9.77. The maximum Gasteiger partial charge on any atom is 0.443 e. The molecular formula is C17H20F3N5OS. The molecule has 27 heavy (non-hydrogen) atoms. The van der Waals surface area contributed by atoms with Gasteiger partial charge in [0.2, 0.25) is 5.01 Å². The number of nitrogens with one attached hydrogen (secondary N) is 1. The molecular weight excluding hydrogens is 379 g/mol. The summed E-state index contributed by atoms with van der Waals surface area (Å²) < 4.78 is 45.4. The Labute approximate surface area is 158 Å². The van der Waals surface area contributed by atoms with Crippen LogP contribution in [0.4, 0.5) is 18.2 Å². The minimum absolute atomic E-state index is 0.143. The van der Waals surface area contributed by atoms with Gasteiger partial charge in [0, 0.05) is 43.6 Å². The second-order valence-corrected chi connectivity index (χ2v) is 7.87. The van der Waals surface area contributed by atoms with Gasteiger partial charge in [0.05, 0.1) is 0 Å². The van der Waals surface area contributed by atoms with Gasteiger partial charge >= 0.3 is 12.2 Å². The molecule has 0 bridgehead atoms. The second-order valence-electron chi connectivity index (χ2n) is 6.90. The number of anilines is 1. The molecule has 146 valence electrons. The highest BCUT2D eigenvalue weighted by Gasteiger charge is 2.37. The van der Waals surface area contributed by atoms with E-state index in [-0.39, 0.29) is 23.9 Å². The van der Waals surface area contributed by atoms with E-state index in [1.807, 2.05) is 11.8 Å². The lowest BCUT2D eigenvalue weighted by atomic mass is 9.96. The third-order valence-electron chi connectivity index (χ3n) is 4.73. The number of alkyl halides is 3. The largest absolute Gasteiger partial charge is 0.460 e. The van der Waals surface area contributed by atoms with E-state index in [4.69, 9.17) is 4.74 Å². The topological polar surface area (TPSA) is 63.2 Å². The Bertz CT molecular complexity index is 791. The lowest BCUT2D eigenvalue weighted by Gasteiger charge is -2.32. The second kappa shape index (κ2) is 7.23. The number of aromatic nitrogens is 3. The van der Waals surface area contributed by atoms with E-state index in [1.54, 1.807) is 0 Å². The van der Waals surface area contributed by atoms with Crippen molar-refractivity contribution in [2.24, 2.45) is 0 Å². The van der Waals surface area contributed by atoms with Gasteiger partial charge in [-0.15, -0.1) is 0 Å². The molecule has 0 amide bonds.